The van der Waals surface area contributed by atoms with E-state index in [2.05, 4.69) is 4.98 Å². The van der Waals surface area contributed by atoms with Crippen LogP contribution in [-0.2, 0) is 0 Å². The first-order valence-corrected chi connectivity index (χ1v) is 5.68. The standard InChI is InChI=1S/C12H8Cl2N2O2/c13-6-3-8(7-1-2-16-5-10(7)14)11(17)9(4-6)12(15)18/h1-5,17H,(H2,15,18). The molecule has 1 aromatic carbocycles. The molecule has 1 heterocycles. The summed E-state index contributed by atoms with van der Waals surface area (Å²) in [6, 6.07) is 4.42. The largest absolute Gasteiger partial charge is 0.506 e. The Labute approximate surface area is 113 Å². The maximum atomic E-state index is 11.2. The van der Waals surface area contributed by atoms with Gasteiger partial charge in [-0.3, -0.25) is 9.78 Å². The van der Waals surface area contributed by atoms with E-state index in [1.807, 2.05) is 0 Å². The van der Waals surface area contributed by atoms with Gasteiger partial charge in [0.1, 0.15) is 5.75 Å². The monoisotopic (exact) mass is 282 g/mol. The maximum absolute atomic E-state index is 11.2. The van der Waals surface area contributed by atoms with Gasteiger partial charge >= 0.3 is 0 Å². The third-order valence-corrected chi connectivity index (χ3v) is 2.92. The Morgan fingerprint density at radius 1 is 1.28 bits per heavy atom. The highest BCUT2D eigenvalue weighted by atomic mass is 35.5. The molecule has 0 fully saturated rings. The summed E-state index contributed by atoms with van der Waals surface area (Å²) in [5.41, 5.74) is 5.97. The average molecular weight is 283 g/mol. The van der Waals surface area contributed by atoms with Crippen molar-refractivity contribution in [2.45, 2.75) is 0 Å². The van der Waals surface area contributed by atoms with E-state index in [4.69, 9.17) is 28.9 Å². The zero-order valence-corrected chi connectivity index (χ0v) is 10.5. The highest BCUT2D eigenvalue weighted by Crippen LogP contribution is 2.37. The van der Waals surface area contributed by atoms with Gasteiger partial charge in [-0.05, 0) is 18.2 Å². The highest BCUT2D eigenvalue weighted by Gasteiger charge is 2.16. The van der Waals surface area contributed by atoms with Crippen molar-refractivity contribution in [2.24, 2.45) is 5.73 Å². The number of benzene rings is 1. The van der Waals surface area contributed by atoms with Crippen molar-refractivity contribution in [3.05, 3.63) is 46.2 Å². The van der Waals surface area contributed by atoms with E-state index in [0.717, 1.165) is 0 Å². The van der Waals surface area contributed by atoms with Crippen LogP contribution in [0.3, 0.4) is 0 Å². The molecule has 0 unspecified atom stereocenters. The normalized spacial score (nSPS) is 10.3. The molecule has 92 valence electrons. The topological polar surface area (TPSA) is 76.2 Å². The molecule has 2 rings (SSSR count). The number of aromatic hydroxyl groups is 1. The SMILES string of the molecule is NC(=O)c1cc(Cl)cc(-c2ccncc2Cl)c1O. The number of carbonyl (C=O) groups excluding carboxylic acids is 1. The molecular formula is C12H8Cl2N2O2. The van der Waals surface area contributed by atoms with Crippen LogP contribution >= 0.6 is 23.2 Å². The Bertz CT molecular complexity index is 629. The molecule has 1 amide bonds. The van der Waals surface area contributed by atoms with Gasteiger partial charge in [0.25, 0.3) is 5.91 Å². The van der Waals surface area contributed by atoms with Crippen molar-refractivity contribution in [3.63, 3.8) is 0 Å². The molecule has 0 bridgehead atoms. The second-order valence-electron chi connectivity index (χ2n) is 3.57. The second-order valence-corrected chi connectivity index (χ2v) is 4.41. The Kier molecular flexibility index (Phi) is 3.41. The zero-order chi connectivity index (χ0) is 13.3. The number of aromatic nitrogens is 1. The van der Waals surface area contributed by atoms with Gasteiger partial charge in [0.2, 0.25) is 0 Å². The van der Waals surface area contributed by atoms with Crippen LogP contribution in [0.5, 0.6) is 5.75 Å². The van der Waals surface area contributed by atoms with Crippen LogP contribution in [0.15, 0.2) is 30.6 Å². The highest BCUT2D eigenvalue weighted by molar-refractivity contribution is 6.34. The molecule has 2 aromatic rings. The van der Waals surface area contributed by atoms with E-state index in [9.17, 15) is 9.90 Å². The third kappa shape index (κ3) is 2.25. The van der Waals surface area contributed by atoms with Crippen LogP contribution in [0.4, 0.5) is 0 Å². The number of phenols is 1. The lowest BCUT2D eigenvalue weighted by molar-refractivity contribution is 0.0998. The van der Waals surface area contributed by atoms with Crippen LogP contribution in [0, 0.1) is 0 Å². The summed E-state index contributed by atoms with van der Waals surface area (Å²) in [7, 11) is 0. The Balaban J connectivity index is 2.73. The van der Waals surface area contributed by atoms with E-state index < -0.39 is 5.91 Å². The number of rotatable bonds is 2. The fourth-order valence-electron chi connectivity index (χ4n) is 1.59. The number of nitrogens with two attached hydrogens (primary N) is 1. The first-order chi connectivity index (χ1) is 8.50. The van der Waals surface area contributed by atoms with Gasteiger partial charge < -0.3 is 10.8 Å². The van der Waals surface area contributed by atoms with Crippen molar-refractivity contribution in [1.82, 2.24) is 4.98 Å². The number of halogens is 2. The minimum absolute atomic E-state index is 0.0506. The van der Waals surface area contributed by atoms with Gasteiger partial charge in [-0.25, -0.2) is 0 Å². The molecule has 0 atom stereocenters. The molecule has 0 aliphatic rings. The van der Waals surface area contributed by atoms with Gasteiger partial charge in [0.15, 0.2) is 0 Å². The predicted molar refractivity (Wildman–Crippen MR) is 69.9 cm³/mol. The van der Waals surface area contributed by atoms with Crippen molar-refractivity contribution in [1.29, 1.82) is 0 Å². The second kappa shape index (κ2) is 4.84. The minimum Gasteiger partial charge on any atom is -0.506 e. The summed E-state index contributed by atoms with van der Waals surface area (Å²) in [6.07, 6.45) is 2.95. The molecule has 0 aliphatic carbocycles. The summed E-state index contributed by atoms with van der Waals surface area (Å²) in [6.45, 7) is 0. The van der Waals surface area contributed by atoms with Gasteiger partial charge in [-0.2, -0.15) is 0 Å². The van der Waals surface area contributed by atoms with Crippen LogP contribution in [-0.4, -0.2) is 16.0 Å². The molecule has 0 radical (unpaired) electrons. The summed E-state index contributed by atoms with van der Waals surface area (Å²) in [5.74, 6) is -1.01. The summed E-state index contributed by atoms with van der Waals surface area (Å²) >= 11 is 11.9. The lowest BCUT2D eigenvalue weighted by Gasteiger charge is -2.10. The third-order valence-electron chi connectivity index (χ3n) is 2.40. The summed E-state index contributed by atoms with van der Waals surface area (Å²) in [5, 5.41) is 10.6. The predicted octanol–water partition coefficient (Wildman–Crippen LogP) is 2.86. The van der Waals surface area contributed by atoms with Gasteiger partial charge in [0, 0.05) is 28.5 Å². The van der Waals surface area contributed by atoms with Crippen molar-refractivity contribution < 1.29 is 9.90 Å². The van der Waals surface area contributed by atoms with Gasteiger partial charge in [-0.15, -0.1) is 0 Å². The minimum atomic E-state index is -0.763. The van der Waals surface area contributed by atoms with Crippen molar-refractivity contribution in [3.8, 4) is 16.9 Å². The first kappa shape index (κ1) is 12.7. The molecule has 0 aliphatic heterocycles. The molecule has 3 N–H and O–H groups in total. The van der Waals surface area contributed by atoms with E-state index in [-0.39, 0.29) is 16.3 Å². The van der Waals surface area contributed by atoms with E-state index in [1.54, 1.807) is 6.07 Å². The molecule has 0 saturated heterocycles. The summed E-state index contributed by atoms with van der Waals surface area (Å²) < 4.78 is 0. The van der Waals surface area contributed by atoms with Crippen LogP contribution in [0.1, 0.15) is 10.4 Å². The fraction of sp³-hybridized carbons (Fsp3) is 0. The number of pyridine rings is 1. The number of primary amides is 1. The fourth-order valence-corrected chi connectivity index (χ4v) is 2.03. The van der Waals surface area contributed by atoms with Crippen LogP contribution < -0.4 is 5.73 Å². The molecule has 0 spiro atoms. The van der Waals surface area contributed by atoms with E-state index in [1.165, 1.54) is 24.5 Å². The molecule has 18 heavy (non-hydrogen) atoms. The zero-order valence-electron chi connectivity index (χ0n) is 9.02. The van der Waals surface area contributed by atoms with Gasteiger partial charge in [-0.1, -0.05) is 23.2 Å². The van der Waals surface area contributed by atoms with E-state index in [0.29, 0.717) is 16.1 Å². The lowest BCUT2D eigenvalue weighted by Crippen LogP contribution is -2.11. The average Bonchev–Trinajstić information content (AvgIpc) is 2.32. The van der Waals surface area contributed by atoms with E-state index >= 15 is 0 Å². The smallest absolute Gasteiger partial charge is 0.252 e. The Hall–Kier alpha value is -1.78. The number of carbonyl (C=O) groups is 1. The number of hydrogen-bond acceptors (Lipinski definition) is 3. The molecule has 1 aromatic heterocycles. The van der Waals surface area contributed by atoms with Crippen LogP contribution in [0.25, 0.3) is 11.1 Å². The lowest BCUT2D eigenvalue weighted by atomic mass is 10.0. The Morgan fingerprint density at radius 2 is 2.00 bits per heavy atom. The maximum Gasteiger partial charge on any atom is 0.252 e. The number of amides is 1. The quantitative estimate of drug-likeness (QED) is 0.889. The van der Waals surface area contributed by atoms with Crippen LogP contribution in [0.2, 0.25) is 10.0 Å². The molecule has 6 heteroatoms. The van der Waals surface area contributed by atoms with Gasteiger partial charge in [0.05, 0.1) is 10.6 Å². The Morgan fingerprint density at radius 3 is 2.61 bits per heavy atom. The van der Waals surface area contributed by atoms with Crippen molar-refractivity contribution in [2.75, 3.05) is 0 Å². The van der Waals surface area contributed by atoms with Crippen molar-refractivity contribution >= 4 is 29.1 Å². The molecule has 0 saturated carbocycles. The molecular weight excluding hydrogens is 275 g/mol. The number of hydrogen-bond donors (Lipinski definition) is 2. The molecule has 4 nitrogen and oxygen atoms in total. The first-order valence-electron chi connectivity index (χ1n) is 4.93. The summed E-state index contributed by atoms with van der Waals surface area (Å²) in [4.78, 5) is 15.0. The number of nitrogens with zero attached hydrogens (tertiary/aromatic N) is 1.